The van der Waals surface area contributed by atoms with Gasteiger partial charge in [0.2, 0.25) is 0 Å². The molecule has 18 heavy (non-hydrogen) atoms. The molecule has 0 saturated heterocycles. The minimum Gasteiger partial charge on any atom is -0.346 e. The minimum absolute atomic E-state index is 0.0200. The van der Waals surface area contributed by atoms with Crippen LogP contribution in [0.4, 0.5) is 0 Å². The van der Waals surface area contributed by atoms with Crippen LogP contribution in [0.5, 0.6) is 0 Å². The van der Waals surface area contributed by atoms with Crippen molar-refractivity contribution >= 4 is 17.2 Å². The van der Waals surface area contributed by atoms with Crippen LogP contribution in [-0.4, -0.2) is 10.9 Å². The fourth-order valence-electron chi connectivity index (χ4n) is 1.74. The van der Waals surface area contributed by atoms with Crippen LogP contribution in [0.2, 0.25) is 0 Å². The lowest BCUT2D eigenvalue weighted by Crippen LogP contribution is -2.22. The van der Waals surface area contributed by atoms with Crippen molar-refractivity contribution in [3.8, 4) is 0 Å². The number of hydrogen-bond donors (Lipinski definition) is 1. The van der Waals surface area contributed by atoms with E-state index in [2.05, 4.69) is 17.2 Å². The van der Waals surface area contributed by atoms with E-state index in [1.165, 1.54) is 10.4 Å². The average molecular weight is 260 g/mol. The van der Waals surface area contributed by atoms with E-state index in [0.717, 1.165) is 17.0 Å². The van der Waals surface area contributed by atoms with E-state index in [1.54, 1.807) is 17.5 Å². The summed E-state index contributed by atoms with van der Waals surface area (Å²) in [5.41, 5.74) is 2.07. The fraction of sp³-hybridized carbons (Fsp3) is 0.286. The molecule has 2 rings (SSSR count). The standard InChI is InChI=1S/C14H16N2OS/c1-3-12-10(2)8-13(18-12)14(17)16-9-11-6-4-5-7-15-11/h4-8H,3,9H2,1-2H3,(H,16,17). The highest BCUT2D eigenvalue weighted by molar-refractivity contribution is 7.14. The molecule has 3 nitrogen and oxygen atoms in total. The number of pyridine rings is 1. The summed E-state index contributed by atoms with van der Waals surface area (Å²) >= 11 is 1.57. The second-order valence-corrected chi connectivity index (χ2v) is 5.21. The molecular formula is C14H16N2OS. The molecule has 0 spiro atoms. The predicted molar refractivity (Wildman–Crippen MR) is 73.8 cm³/mol. The van der Waals surface area contributed by atoms with Crippen LogP contribution in [0.1, 0.15) is 32.7 Å². The normalized spacial score (nSPS) is 10.3. The van der Waals surface area contributed by atoms with Crippen molar-refractivity contribution in [3.63, 3.8) is 0 Å². The number of aromatic nitrogens is 1. The van der Waals surface area contributed by atoms with Crippen LogP contribution < -0.4 is 5.32 Å². The van der Waals surface area contributed by atoms with Crippen molar-refractivity contribution in [3.05, 3.63) is 51.5 Å². The minimum atomic E-state index is -0.0200. The monoisotopic (exact) mass is 260 g/mol. The van der Waals surface area contributed by atoms with Crippen LogP contribution in [0, 0.1) is 6.92 Å². The largest absolute Gasteiger partial charge is 0.346 e. The molecule has 0 saturated carbocycles. The van der Waals surface area contributed by atoms with E-state index in [4.69, 9.17) is 0 Å². The van der Waals surface area contributed by atoms with Crippen molar-refractivity contribution in [1.82, 2.24) is 10.3 Å². The summed E-state index contributed by atoms with van der Waals surface area (Å²) in [5, 5.41) is 2.89. The van der Waals surface area contributed by atoms with Gasteiger partial charge in [0.25, 0.3) is 5.91 Å². The average Bonchev–Trinajstić information content (AvgIpc) is 2.78. The van der Waals surface area contributed by atoms with Gasteiger partial charge in [-0.2, -0.15) is 0 Å². The summed E-state index contributed by atoms with van der Waals surface area (Å²) in [6, 6.07) is 7.63. The van der Waals surface area contributed by atoms with Gasteiger partial charge in [0.1, 0.15) is 0 Å². The molecule has 0 aliphatic heterocycles. The van der Waals surface area contributed by atoms with E-state index in [1.807, 2.05) is 31.2 Å². The number of aryl methyl sites for hydroxylation is 2. The van der Waals surface area contributed by atoms with Crippen LogP contribution >= 0.6 is 11.3 Å². The number of carbonyl (C=O) groups is 1. The Kier molecular flexibility index (Phi) is 4.10. The summed E-state index contributed by atoms with van der Waals surface area (Å²) < 4.78 is 0. The van der Waals surface area contributed by atoms with Crippen molar-refractivity contribution in [2.75, 3.05) is 0 Å². The molecular weight excluding hydrogens is 244 g/mol. The summed E-state index contributed by atoms with van der Waals surface area (Å²) in [7, 11) is 0. The number of hydrogen-bond acceptors (Lipinski definition) is 3. The van der Waals surface area contributed by atoms with Gasteiger partial charge < -0.3 is 5.32 Å². The second-order valence-electron chi connectivity index (χ2n) is 4.07. The zero-order valence-electron chi connectivity index (χ0n) is 10.6. The summed E-state index contributed by atoms with van der Waals surface area (Å²) in [6.45, 7) is 4.62. The van der Waals surface area contributed by atoms with Crippen molar-refractivity contribution < 1.29 is 4.79 Å². The summed E-state index contributed by atoms with van der Waals surface area (Å²) in [4.78, 5) is 18.2. The van der Waals surface area contributed by atoms with Crippen LogP contribution in [-0.2, 0) is 13.0 Å². The Hall–Kier alpha value is -1.68. The van der Waals surface area contributed by atoms with Gasteiger partial charge in [0.05, 0.1) is 17.1 Å². The predicted octanol–water partition coefficient (Wildman–Crippen LogP) is 2.94. The lowest BCUT2D eigenvalue weighted by atomic mass is 10.2. The molecule has 0 radical (unpaired) electrons. The Morgan fingerprint density at radius 3 is 2.89 bits per heavy atom. The summed E-state index contributed by atoms with van der Waals surface area (Å²) in [6.07, 6.45) is 2.70. The third-order valence-corrected chi connectivity index (χ3v) is 4.10. The van der Waals surface area contributed by atoms with Crippen molar-refractivity contribution in [2.24, 2.45) is 0 Å². The molecule has 0 fully saturated rings. The SMILES string of the molecule is CCc1sc(C(=O)NCc2ccccn2)cc1C. The molecule has 0 bridgehead atoms. The van der Waals surface area contributed by atoms with Gasteiger partial charge in [0, 0.05) is 11.1 Å². The maximum atomic E-state index is 12.0. The molecule has 0 aromatic carbocycles. The first-order valence-electron chi connectivity index (χ1n) is 5.98. The van der Waals surface area contributed by atoms with Gasteiger partial charge in [-0.3, -0.25) is 9.78 Å². The Bertz CT molecular complexity index is 534. The molecule has 2 aromatic heterocycles. The smallest absolute Gasteiger partial charge is 0.261 e. The topological polar surface area (TPSA) is 42.0 Å². The van der Waals surface area contributed by atoms with Gasteiger partial charge in [0.15, 0.2) is 0 Å². The number of thiophene rings is 1. The lowest BCUT2D eigenvalue weighted by Gasteiger charge is -2.02. The molecule has 4 heteroatoms. The van der Waals surface area contributed by atoms with Gasteiger partial charge in [-0.15, -0.1) is 11.3 Å². The maximum absolute atomic E-state index is 12.0. The third kappa shape index (κ3) is 2.96. The molecule has 2 heterocycles. The van der Waals surface area contributed by atoms with Crippen LogP contribution in [0.15, 0.2) is 30.5 Å². The van der Waals surface area contributed by atoms with Crippen molar-refractivity contribution in [2.45, 2.75) is 26.8 Å². The first kappa shape index (κ1) is 12.8. The number of nitrogens with one attached hydrogen (secondary N) is 1. The Labute approximate surface area is 111 Å². The van der Waals surface area contributed by atoms with E-state index in [9.17, 15) is 4.79 Å². The maximum Gasteiger partial charge on any atom is 0.261 e. The number of nitrogens with zero attached hydrogens (tertiary/aromatic N) is 1. The highest BCUT2D eigenvalue weighted by Crippen LogP contribution is 2.22. The first-order chi connectivity index (χ1) is 8.70. The van der Waals surface area contributed by atoms with E-state index in [-0.39, 0.29) is 5.91 Å². The zero-order chi connectivity index (χ0) is 13.0. The Morgan fingerprint density at radius 2 is 2.28 bits per heavy atom. The van der Waals surface area contributed by atoms with Gasteiger partial charge in [-0.05, 0) is 37.1 Å². The Morgan fingerprint density at radius 1 is 1.44 bits per heavy atom. The zero-order valence-corrected chi connectivity index (χ0v) is 11.4. The van der Waals surface area contributed by atoms with Crippen LogP contribution in [0.25, 0.3) is 0 Å². The molecule has 2 aromatic rings. The quantitative estimate of drug-likeness (QED) is 0.918. The van der Waals surface area contributed by atoms with Gasteiger partial charge in [-0.1, -0.05) is 13.0 Å². The summed E-state index contributed by atoms with van der Waals surface area (Å²) in [5.74, 6) is -0.0200. The second kappa shape index (κ2) is 5.78. The van der Waals surface area contributed by atoms with Crippen molar-refractivity contribution in [1.29, 1.82) is 0 Å². The van der Waals surface area contributed by atoms with E-state index in [0.29, 0.717) is 6.54 Å². The number of carbonyl (C=O) groups excluding carboxylic acids is 1. The molecule has 94 valence electrons. The molecule has 0 aliphatic rings. The van der Waals surface area contributed by atoms with Crippen LogP contribution in [0.3, 0.4) is 0 Å². The first-order valence-corrected chi connectivity index (χ1v) is 6.79. The molecule has 0 aliphatic carbocycles. The Balaban J connectivity index is 1.99. The highest BCUT2D eigenvalue weighted by atomic mass is 32.1. The van der Waals surface area contributed by atoms with Gasteiger partial charge >= 0.3 is 0 Å². The fourth-order valence-corrected chi connectivity index (χ4v) is 2.77. The van der Waals surface area contributed by atoms with E-state index >= 15 is 0 Å². The van der Waals surface area contributed by atoms with Gasteiger partial charge in [-0.25, -0.2) is 0 Å². The molecule has 1 amide bonds. The number of rotatable bonds is 4. The molecule has 1 N–H and O–H groups in total. The molecule has 0 atom stereocenters. The third-order valence-electron chi connectivity index (χ3n) is 2.72. The van der Waals surface area contributed by atoms with E-state index < -0.39 is 0 Å². The number of amides is 1. The lowest BCUT2D eigenvalue weighted by molar-refractivity contribution is 0.0954. The highest BCUT2D eigenvalue weighted by Gasteiger charge is 2.11. The molecule has 0 unspecified atom stereocenters.